The highest BCUT2D eigenvalue weighted by atomic mass is 35.5. The summed E-state index contributed by atoms with van der Waals surface area (Å²) < 4.78 is 0. The SMILES string of the molecule is O=C1CC(Cl)CN1c1cc(Cl)cc(Cl)n1. The third kappa shape index (κ3) is 2.36. The van der Waals surface area contributed by atoms with Gasteiger partial charge >= 0.3 is 0 Å². The highest BCUT2D eigenvalue weighted by Crippen LogP contribution is 2.26. The Balaban J connectivity index is 2.33. The van der Waals surface area contributed by atoms with Crippen molar-refractivity contribution in [3.63, 3.8) is 0 Å². The highest BCUT2D eigenvalue weighted by Gasteiger charge is 2.30. The number of anilines is 1. The number of aromatic nitrogens is 1. The summed E-state index contributed by atoms with van der Waals surface area (Å²) in [6.45, 7) is 0.448. The van der Waals surface area contributed by atoms with Crippen LogP contribution in [0.5, 0.6) is 0 Å². The second kappa shape index (κ2) is 4.16. The van der Waals surface area contributed by atoms with Gasteiger partial charge in [-0.05, 0) is 12.1 Å². The van der Waals surface area contributed by atoms with E-state index in [1.54, 1.807) is 6.07 Å². The molecule has 1 saturated heterocycles. The monoisotopic (exact) mass is 264 g/mol. The minimum absolute atomic E-state index is 0.0548. The van der Waals surface area contributed by atoms with E-state index in [2.05, 4.69) is 4.98 Å². The van der Waals surface area contributed by atoms with Crippen LogP contribution in [-0.2, 0) is 4.79 Å². The number of alkyl halides is 1. The summed E-state index contributed by atoms with van der Waals surface area (Å²) in [5, 5.41) is 0.552. The number of nitrogens with zero attached hydrogens (tertiary/aromatic N) is 2. The maximum Gasteiger partial charge on any atom is 0.229 e. The minimum Gasteiger partial charge on any atom is -0.295 e. The Hall–Kier alpha value is -0.510. The molecule has 3 nitrogen and oxygen atoms in total. The Morgan fingerprint density at radius 2 is 2.13 bits per heavy atom. The molecule has 0 spiro atoms. The van der Waals surface area contributed by atoms with Gasteiger partial charge in [0.15, 0.2) is 0 Å². The lowest BCUT2D eigenvalue weighted by molar-refractivity contribution is -0.117. The summed E-state index contributed by atoms with van der Waals surface area (Å²) in [6, 6.07) is 3.12. The van der Waals surface area contributed by atoms with Crippen molar-refractivity contribution in [2.45, 2.75) is 11.8 Å². The molecule has 6 heteroatoms. The highest BCUT2D eigenvalue weighted by molar-refractivity contribution is 6.34. The molecular weight excluding hydrogens is 258 g/mol. The first-order chi connectivity index (χ1) is 7.06. The van der Waals surface area contributed by atoms with E-state index in [1.165, 1.54) is 11.0 Å². The lowest BCUT2D eigenvalue weighted by Crippen LogP contribution is -2.25. The average Bonchev–Trinajstić information content (AvgIpc) is 2.43. The molecule has 15 heavy (non-hydrogen) atoms. The largest absolute Gasteiger partial charge is 0.295 e. The number of hydrogen-bond donors (Lipinski definition) is 0. The van der Waals surface area contributed by atoms with Crippen LogP contribution < -0.4 is 4.90 Å². The normalized spacial score (nSPS) is 21.1. The van der Waals surface area contributed by atoms with Gasteiger partial charge in [-0.2, -0.15) is 0 Å². The topological polar surface area (TPSA) is 33.2 Å². The second-order valence-electron chi connectivity index (χ2n) is 3.27. The summed E-state index contributed by atoms with van der Waals surface area (Å²) >= 11 is 17.4. The van der Waals surface area contributed by atoms with Crippen molar-refractivity contribution >= 4 is 46.5 Å². The van der Waals surface area contributed by atoms with E-state index in [0.29, 0.717) is 23.8 Å². The lowest BCUT2D eigenvalue weighted by atomic mass is 10.4. The van der Waals surface area contributed by atoms with E-state index in [9.17, 15) is 4.79 Å². The Kier molecular flexibility index (Phi) is 3.05. The fourth-order valence-electron chi connectivity index (χ4n) is 1.48. The van der Waals surface area contributed by atoms with Crippen LogP contribution >= 0.6 is 34.8 Å². The standard InChI is InChI=1S/C9H7Cl3N2O/c10-5-1-7(12)13-8(2-5)14-4-6(11)3-9(14)15/h1-2,6H,3-4H2. The maximum atomic E-state index is 11.5. The molecule has 2 rings (SSSR count). The van der Waals surface area contributed by atoms with E-state index in [-0.39, 0.29) is 16.4 Å². The predicted octanol–water partition coefficient (Wildman–Crippen LogP) is 2.73. The van der Waals surface area contributed by atoms with E-state index in [0.717, 1.165) is 0 Å². The summed E-state index contributed by atoms with van der Waals surface area (Å²) in [7, 11) is 0. The van der Waals surface area contributed by atoms with Crippen molar-refractivity contribution in [2.75, 3.05) is 11.4 Å². The van der Waals surface area contributed by atoms with E-state index in [4.69, 9.17) is 34.8 Å². The fraction of sp³-hybridized carbons (Fsp3) is 0.333. The molecule has 1 unspecified atom stereocenters. The molecule has 1 fully saturated rings. The van der Waals surface area contributed by atoms with Crippen molar-refractivity contribution in [1.29, 1.82) is 0 Å². The molecule has 1 atom stereocenters. The molecule has 1 aromatic heterocycles. The number of pyridine rings is 1. The number of halogens is 3. The Morgan fingerprint density at radius 1 is 1.40 bits per heavy atom. The molecule has 0 saturated carbocycles. The van der Waals surface area contributed by atoms with E-state index in [1.807, 2.05) is 0 Å². The summed E-state index contributed by atoms with van der Waals surface area (Å²) in [5.74, 6) is 0.404. The molecule has 0 N–H and O–H groups in total. The first kappa shape index (κ1) is 11.0. The second-order valence-corrected chi connectivity index (χ2v) is 4.71. The first-order valence-electron chi connectivity index (χ1n) is 4.34. The molecule has 1 aromatic rings. The van der Waals surface area contributed by atoms with Crippen molar-refractivity contribution in [2.24, 2.45) is 0 Å². The third-order valence-corrected chi connectivity index (χ3v) is 2.80. The number of hydrogen-bond acceptors (Lipinski definition) is 2. The van der Waals surface area contributed by atoms with Crippen LogP contribution in [0.1, 0.15) is 6.42 Å². The van der Waals surface area contributed by atoms with Gasteiger partial charge < -0.3 is 0 Å². The van der Waals surface area contributed by atoms with Gasteiger partial charge in [0, 0.05) is 18.0 Å². The van der Waals surface area contributed by atoms with Crippen LogP contribution in [0, 0.1) is 0 Å². The molecular formula is C9H7Cl3N2O. The van der Waals surface area contributed by atoms with Gasteiger partial charge in [0.1, 0.15) is 11.0 Å². The fourth-order valence-corrected chi connectivity index (χ4v) is 2.21. The van der Waals surface area contributed by atoms with Gasteiger partial charge in [0.2, 0.25) is 5.91 Å². The quantitative estimate of drug-likeness (QED) is 0.578. The molecule has 1 aliphatic rings. The summed E-state index contributed by atoms with van der Waals surface area (Å²) in [6.07, 6.45) is 0.327. The average molecular weight is 266 g/mol. The predicted molar refractivity (Wildman–Crippen MR) is 60.9 cm³/mol. The van der Waals surface area contributed by atoms with Crippen molar-refractivity contribution < 1.29 is 4.79 Å². The van der Waals surface area contributed by atoms with Gasteiger partial charge in [0.05, 0.1) is 5.38 Å². The van der Waals surface area contributed by atoms with Crippen LogP contribution in [-0.4, -0.2) is 22.8 Å². The molecule has 0 aromatic carbocycles. The molecule has 1 amide bonds. The Morgan fingerprint density at radius 3 is 2.67 bits per heavy atom. The van der Waals surface area contributed by atoms with Gasteiger partial charge in [-0.25, -0.2) is 4.98 Å². The van der Waals surface area contributed by atoms with Gasteiger partial charge in [-0.15, -0.1) is 11.6 Å². The van der Waals surface area contributed by atoms with Gasteiger partial charge in [0.25, 0.3) is 0 Å². The zero-order chi connectivity index (χ0) is 11.0. The Bertz CT molecular complexity index is 390. The molecule has 0 bridgehead atoms. The number of amides is 1. The van der Waals surface area contributed by atoms with E-state index >= 15 is 0 Å². The van der Waals surface area contributed by atoms with Crippen molar-refractivity contribution in [1.82, 2.24) is 4.98 Å². The zero-order valence-corrected chi connectivity index (χ0v) is 9.85. The lowest BCUT2D eigenvalue weighted by Gasteiger charge is -2.14. The van der Waals surface area contributed by atoms with Crippen LogP contribution in [0.2, 0.25) is 10.2 Å². The third-order valence-electron chi connectivity index (χ3n) is 2.10. The summed E-state index contributed by atoms with van der Waals surface area (Å²) in [5.41, 5.74) is 0. The smallest absolute Gasteiger partial charge is 0.229 e. The molecule has 2 heterocycles. The zero-order valence-electron chi connectivity index (χ0n) is 7.58. The van der Waals surface area contributed by atoms with E-state index < -0.39 is 0 Å². The summed E-state index contributed by atoms with van der Waals surface area (Å²) in [4.78, 5) is 17.0. The Labute approximate surface area is 102 Å². The molecule has 0 aliphatic carbocycles. The van der Waals surface area contributed by atoms with Crippen LogP contribution in [0.3, 0.4) is 0 Å². The number of carbonyl (C=O) groups is 1. The van der Waals surface area contributed by atoms with Crippen LogP contribution in [0.15, 0.2) is 12.1 Å². The van der Waals surface area contributed by atoms with Crippen molar-refractivity contribution in [3.8, 4) is 0 Å². The van der Waals surface area contributed by atoms with Gasteiger partial charge in [-0.3, -0.25) is 9.69 Å². The van der Waals surface area contributed by atoms with Gasteiger partial charge in [-0.1, -0.05) is 23.2 Å². The number of rotatable bonds is 1. The molecule has 1 aliphatic heterocycles. The molecule has 80 valence electrons. The van der Waals surface area contributed by atoms with Crippen LogP contribution in [0.25, 0.3) is 0 Å². The van der Waals surface area contributed by atoms with Crippen molar-refractivity contribution in [3.05, 3.63) is 22.3 Å². The van der Waals surface area contributed by atoms with Crippen LogP contribution in [0.4, 0.5) is 5.82 Å². The first-order valence-corrected chi connectivity index (χ1v) is 5.53. The maximum absolute atomic E-state index is 11.5. The number of carbonyl (C=O) groups excluding carboxylic acids is 1. The minimum atomic E-state index is -0.169. The molecule has 0 radical (unpaired) electrons.